The van der Waals surface area contributed by atoms with E-state index in [2.05, 4.69) is 5.32 Å². The molecule has 5 heteroatoms. The fraction of sp³-hybridized carbons (Fsp3) is 0.250. The van der Waals surface area contributed by atoms with Gasteiger partial charge in [-0.25, -0.2) is 9.59 Å². The number of hydrogen-bond acceptors (Lipinski definition) is 5. The highest BCUT2D eigenvalue weighted by Crippen LogP contribution is 2.35. The summed E-state index contributed by atoms with van der Waals surface area (Å²) >= 11 is 0. The molecule has 0 unspecified atom stereocenters. The van der Waals surface area contributed by atoms with E-state index in [9.17, 15) is 9.59 Å². The lowest BCUT2D eigenvalue weighted by Gasteiger charge is -2.24. The number of dihydropyridines is 1. The van der Waals surface area contributed by atoms with E-state index in [0.29, 0.717) is 11.1 Å². The van der Waals surface area contributed by atoms with E-state index in [1.54, 1.807) is 12.4 Å². The van der Waals surface area contributed by atoms with Crippen molar-refractivity contribution in [3.05, 3.63) is 58.9 Å². The first-order valence-corrected chi connectivity index (χ1v) is 6.48. The quantitative estimate of drug-likeness (QED) is 0.859. The number of benzene rings is 1. The highest BCUT2D eigenvalue weighted by Gasteiger charge is 2.33. The molecule has 0 radical (unpaired) electrons. The first-order valence-electron chi connectivity index (χ1n) is 6.48. The van der Waals surface area contributed by atoms with Crippen LogP contribution >= 0.6 is 0 Å². The molecule has 0 fully saturated rings. The number of methoxy groups -OCH3 is 2. The predicted octanol–water partition coefficient (Wildman–Crippen LogP) is 1.80. The van der Waals surface area contributed by atoms with Crippen LogP contribution in [0.2, 0.25) is 0 Å². The lowest BCUT2D eigenvalue weighted by Crippen LogP contribution is -2.26. The Kier molecular flexibility index (Phi) is 4.42. The number of carbonyl (C=O) groups is 2. The molecule has 1 aromatic carbocycles. The molecule has 110 valence electrons. The average Bonchev–Trinajstić information content (AvgIpc) is 2.52. The fourth-order valence-electron chi connectivity index (χ4n) is 2.35. The number of carbonyl (C=O) groups excluding carboxylic acids is 2. The van der Waals surface area contributed by atoms with Gasteiger partial charge in [0.05, 0.1) is 31.3 Å². The number of nitrogens with one attached hydrogen (secondary N) is 1. The standard InChI is InChI=1S/C16H17NO4/c1-10-5-4-6-11(7-10)14-12(15(18)20-2)8-17-9-13(14)16(19)21-3/h4-9,14,17H,1-3H3. The first-order chi connectivity index (χ1) is 10.1. The van der Waals surface area contributed by atoms with Gasteiger partial charge in [0.1, 0.15) is 0 Å². The second kappa shape index (κ2) is 6.26. The van der Waals surface area contributed by atoms with Crippen LogP contribution in [0.4, 0.5) is 0 Å². The molecule has 1 heterocycles. The molecule has 0 spiro atoms. The molecule has 1 aliphatic heterocycles. The molecule has 5 nitrogen and oxygen atoms in total. The lowest BCUT2D eigenvalue weighted by molar-refractivity contribution is -0.137. The number of ether oxygens (including phenoxy) is 2. The molecule has 1 aromatic rings. The lowest BCUT2D eigenvalue weighted by atomic mass is 9.83. The molecule has 0 saturated heterocycles. The van der Waals surface area contributed by atoms with Crippen molar-refractivity contribution in [1.82, 2.24) is 5.32 Å². The Morgan fingerprint density at radius 1 is 1.05 bits per heavy atom. The van der Waals surface area contributed by atoms with Crippen LogP contribution in [0.1, 0.15) is 17.0 Å². The fourth-order valence-corrected chi connectivity index (χ4v) is 2.35. The third kappa shape index (κ3) is 2.97. The molecule has 0 aromatic heterocycles. The van der Waals surface area contributed by atoms with Crippen molar-refractivity contribution in [2.75, 3.05) is 14.2 Å². The van der Waals surface area contributed by atoms with Crippen LogP contribution in [0.5, 0.6) is 0 Å². The molecule has 0 aliphatic carbocycles. The monoisotopic (exact) mass is 287 g/mol. The van der Waals surface area contributed by atoms with Crippen LogP contribution in [0.3, 0.4) is 0 Å². The minimum atomic E-state index is -0.508. The zero-order valence-corrected chi connectivity index (χ0v) is 12.2. The molecule has 21 heavy (non-hydrogen) atoms. The van der Waals surface area contributed by atoms with Crippen LogP contribution in [0, 0.1) is 6.92 Å². The summed E-state index contributed by atoms with van der Waals surface area (Å²) in [5.41, 5.74) is 2.61. The first kappa shape index (κ1) is 14.8. The van der Waals surface area contributed by atoms with Gasteiger partial charge < -0.3 is 14.8 Å². The maximum Gasteiger partial charge on any atom is 0.336 e. The van der Waals surface area contributed by atoms with Gasteiger partial charge >= 0.3 is 11.9 Å². The van der Waals surface area contributed by atoms with Crippen LogP contribution in [-0.4, -0.2) is 26.2 Å². The van der Waals surface area contributed by atoms with Crippen molar-refractivity contribution in [2.45, 2.75) is 12.8 Å². The van der Waals surface area contributed by atoms with Crippen molar-refractivity contribution >= 4 is 11.9 Å². The second-order valence-corrected chi connectivity index (χ2v) is 4.70. The van der Waals surface area contributed by atoms with Gasteiger partial charge in [0.2, 0.25) is 0 Å². The van der Waals surface area contributed by atoms with Crippen LogP contribution in [0.25, 0.3) is 0 Å². The van der Waals surface area contributed by atoms with Crippen LogP contribution in [0.15, 0.2) is 47.8 Å². The van der Waals surface area contributed by atoms with E-state index in [1.165, 1.54) is 14.2 Å². The van der Waals surface area contributed by atoms with Crippen molar-refractivity contribution < 1.29 is 19.1 Å². The average molecular weight is 287 g/mol. The summed E-state index contributed by atoms with van der Waals surface area (Å²) < 4.78 is 9.61. The van der Waals surface area contributed by atoms with E-state index < -0.39 is 17.9 Å². The smallest absolute Gasteiger partial charge is 0.336 e. The molecule has 0 saturated carbocycles. The Hall–Kier alpha value is -2.56. The SMILES string of the molecule is COC(=O)C1=CNC=C(C(=O)OC)C1c1cccc(C)c1. The Balaban J connectivity index is 2.52. The third-order valence-corrected chi connectivity index (χ3v) is 3.32. The van der Waals surface area contributed by atoms with E-state index >= 15 is 0 Å². The van der Waals surface area contributed by atoms with Crippen LogP contribution < -0.4 is 5.32 Å². The highest BCUT2D eigenvalue weighted by atomic mass is 16.5. The Labute approximate surface area is 123 Å². The second-order valence-electron chi connectivity index (χ2n) is 4.70. The molecule has 1 aliphatic rings. The van der Waals surface area contributed by atoms with Gasteiger partial charge in [-0.05, 0) is 12.5 Å². The molecule has 0 bridgehead atoms. The van der Waals surface area contributed by atoms with Gasteiger partial charge in [-0.2, -0.15) is 0 Å². The molecule has 0 amide bonds. The summed E-state index contributed by atoms with van der Waals surface area (Å²) in [6.07, 6.45) is 3.09. The zero-order chi connectivity index (χ0) is 15.4. The largest absolute Gasteiger partial charge is 0.466 e. The normalized spacial score (nSPS) is 14.6. The Morgan fingerprint density at radius 3 is 2.10 bits per heavy atom. The molecule has 0 atom stereocenters. The van der Waals surface area contributed by atoms with E-state index in [1.807, 2.05) is 31.2 Å². The van der Waals surface area contributed by atoms with Gasteiger partial charge in [-0.1, -0.05) is 29.8 Å². The summed E-state index contributed by atoms with van der Waals surface area (Å²) in [4.78, 5) is 24.0. The highest BCUT2D eigenvalue weighted by molar-refractivity contribution is 5.98. The summed E-state index contributed by atoms with van der Waals surface area (Å²) in [6, 6.07) is 7.64. The molecular weight excluding hydrogens is 270 g/mol. The van der Waals surface area contributed by atoms with E-state index in [0.717, 1.165) is 11.1 Å². The molecule has 1 N–H and O–H groups in total. The summed E-state index contributed by atoms with van der Waals surface area (Å²) in [7, 11) is 2.62. The maximum absolute atomic E-state index is 12.0. The summed E-state index contributed by atoms with van der Waals surface area (Å²) in [6.45, 7) is 1.95. The number of rotatable bonds is 3. The van der Waals surface area contributed by atoms with Crippen molar-refractivity contribution in [3.8, 4) is 0 Å². The zero-order valence-electron chi connectivity index (χ0n) is 12.2. The van der Waals surface area contributed by atoms with Gasteiger partial charge in [-0.3, -0.25) is 0 Å². The molecular formula is C16H17NO4. The number of hydrogen-bond donors (Lipinski definition) is 1. The van der Waals surface area contributed by atoms with Crippen LogP contribution in [-0.2, 0) is 19.1 Å². The Bertz CT molecular complexity index is 599. The Morgan fingerprint density at radius 2 is 1.62 bits per heavy atom. The van der Waals surface area contributed by atoms with Crippen molar-refractivity contribution in [3.63, 3.8) is 0 Å². The maximum atomic E-state index is 12.0. The van der Waals surface area contributed by atoms with E-state index in [4.69, 9.17) is 9.47 Å². The summed E-state index contributed by atoms with van der Waals surface area (Å²) in [5.74, 6) is -1.47. The minimum absolute atomic E-state index is 0.367. The third-order valence-electron chi connectivity index (χ3n) is 3.32. The van der Waals surface area contributed by atoms with Gasteiger partial charge in [-0.15, -0.1) is 0 Å². The summed E-state index contributed by atoms with van der Waals surface area (Å²) in [5, 5.41) is 2.80. The topological polar surface area (TPSA) is 64.6 Å². The van der Waals surface area contributed by atoms with Crippen molar-refractivity contribution in [1.29, 1.82) is 0 Å². The van der Waals surface area contributed by atoms with Gasteiger partial charge in [0.25, 0.3) is 0 Å². The van der Waals surface area contributed by atoms with Gasteiger partial charge in [0, 0.05) is 12.4 Å². The number of aryl methyl sites for hydroxylation is 1. The minimum Gasteiger partial charge on any atom is -0.466 e. The van der Waals surface area contributed by atoms with Crippen molar-refractivity contribution in [2.24, 2.45) is 0 Å². The predicted molar refractivity (Wildman–Crippen MR) is 77.3 cm³/mol. The number of esters is 2. The van der Waals surface area contributed by atoms with E-state index in [-0.39, 0.29) is 0 Å². The van der Waals surface area contributed by atoms with Gasteiger partial charge in [0.15, 0.2) is 0 Å². The molecule has 2 rings (SSSR count).